The van der Waals surface area contributed by atoms with E-state index in [1.54, 1.807) is 0 Å². The average Bonchev–Trinajstić information content (AvgIpc) is 2.61. The number of fused-ring (bicyclic) bond motifs is 2. The summed E-state index contributed by atoms with van der Waals surface area (Å²) in [6.45, 7) is 6.78. The molecule has 2 fully saturated rings. The molecule has 19 heavy (non-hydrogen) atoms. The van der Waals surface area contributed by atoms with Crippen molar-refractivity contribution in [2.75, 3.05) is 0 Å². The zero-order valence-corrected chi connectivity index (χ0v) is 13.7. The highest BCUT2D eigenvalue weighted by molar-refractivity contribution is 6.59. The molecule has 5 heteroatoms. The fourth-order valence-electron chi connectivity index (χ4n) is 3.70. The van der Waals surface area contributed by atoms with Gasteiger partial charge in [-0.3, -0.25) is 4.79 Å². The van der Waals surface area contributed by atoms with Crippen molar-refractivity contribution in [3.63, 3.8) is 0 Å². The topological polar surface area (TPSA) is 26.3 Å². The van der Waals surface area contributed by atoms with Crippen LogP contribution in [0.2, 0.25) is 0 Å². The molecular formula is C14H19Cl3O2. The molecule has 2 bridgehead atoms. The maximum absolute atomic E-state index is 11.9. The summed E-state index contributed by atoms with van der Waals surface area (Å²) in [5.41, 5.74) is 0.288. The SMILES string of the molecule is CC1(C)[C@H]2CC[C@@]1(C)[C@@H](OC(=O)CC(Cl)=C(Cl)Cl)C2. The second-order valence-corrected chi connectivity index (χ2v) is 7.84. The Hall–Kier alpha value is 0.0800. The quantitative estimate of drug-likeness (QED) is 0.681. The summed E-state index contributed by atoms with van der Waals surface area (Å²) in [6.07, 6.45) is 3.22. The Morgan fingerprint density at radius 2 is 1.89 bits per heavy atom. The van der Waals surface area contributed by atoms with Crippen LogP contribution in [0.1, 0.15) is 46.5 Å². The molecule has 0 heterocycles. The van der Waals surface area contributed by atoms with Crippen molar-refractivity contribution in [2.45, 2.75) is 52.6 Å². The minimum atomic E-state index is -0.349. The number of halogens is 3. The van der Waals surface area contributed by atoms with Crippen molar-refractivity contribution < 1.29 is 9.53 Å². The highest BCUT2D eigenvalue weighted by atomic mass is 35.5. The second-order valence-electron chi connectivity index (χ2n) is 6.43. The standard InChI is InChI=1S/C14H19Cl3O2/c1-13(2)8-4-5-14(13,3)10(6-8)19-11(18)7-9(15)12(16)17/h8,10H,4-7H2,1-3H3/t8-,10-,14-/m0/s1. The molecule has 108 valence electrons. The molecule has 0 radical (unpaired) electrons. The number of rotatable bonds is 3. The van der Waals surface area contributed by atoms with Crippen molar-refractivity contribution in [1.29, 1.82) is 0 Å². The van der Waals surface area contributed by atoms with E-state index in [0.29, 0.717) is 5.92 Å². The molecule has 0 aliphatic heterocycles. The maximum atomic E-state index is 11.9. The lowest BCUT2D eigenvalue weighted by Gasteiger charge is -2.38. The Morgan fingerprint density at radius 3 is 2.32 bits per heavy atom. The first-order valence-corrected chi connectivity index (χ1v) is 7.71. The fraction of sp³-hybridized carbons (Fsp3) is 0.786. The van der Waals surface area contributed by atoms with E-state index in [9.17, 15) is 4.79 Å². The van der Waals surface area contributed by atoms with Gasteiger partial charge in [0.25, 0.3) is 0 Å². The normalized spacial score (nSPS) is 35.3. The smallest absolute Gasteiger partial charge is 0.311 e. The van der Waals surface area contributed by atoms with Crippen LogP contribution in [-0.4, -0.2) is 12.1 Å². The Balaban J connectivity index is 2.03. The van der Waals surface area contributed by atoms with Gasteiger partial charge in [-0.25, -0.2) is 0 Å². The van der Waals surface area contributed by atoms with Crippen LogP contribution in [0, 0.1) is 16.7 Å². The summed E-state index contributed by atoms with van der Waals surface area (Å²) < 4.78 is 5.56. The second kappa shape index (κ2) is 5.13. The highest BCUT2D eigenvalue weighted by Gasteiger charge is 2.62. The highest BCUT2D eigenvalue weighted by Crippen LogP contribution is 2.66. The lowest BCUT2D eigenvalue weighted by Crippen LogP contribution is -2.38. The molecule has 2 nitrogen and oxygen atoms in total. The minimum absolute atomic E-state index is 0.0210. The minimum Gasteiger partial charge on any atom is -0.461 e. The summed E-state index contributed by atoms with van der Waals surface area (Å²) in [5, 5.41) is 0.140. The Labute approximate surface area is 129 Å². The van der Waals surface area contributed by atoms with E-state index in [-0.39, 0.29) is 38.8 Å². The maximum Gasteiger partial charge on any atom is 0.311 e. The van der Waals surface area contributed by atoms with Gasteiger partial charge in [0, 0.05) is 5.41 Å². The van der Waals surface area contributed by atoms with E-state index >= 15 is 0 Å². The monoisotopic (exact) mass is 324 g/mol. The van der Waals surface area contributed by atoms with Crippen LogP contribution >= 0.6 is 34.8 Å². The molecule has 0 aromatic heterocycles. The first kappa shape index (κ1) is 15.5. The van der Waals surface area contributed by atoms with Gasteiger partial charge in [0.1, 0.15) is 10.6 Å². The predicted molar refractivity (Wildman–Crippen MR) is 78.3 cm³/mol. The van der Waals surface area contributed by atoms with Gasteiger partial charge in [0.15, 0.2) is 0 Å². The zero-order chi connectivity index (χ0) is 14.4. The Morgan fingerprint density at radius 1 is 1.26 bits per heavy atom. The van der Waals surface area contributed by atoms with Gasteiger partial charge in [-0.05, 0) is 30.6 Å². The molecule has 2 rings (SSSR count). The molecule has 0 N–H and O–H groups in total. The van der Waals surface area contributed by atoms with E-state index in [2.05, 4.69) is 20.8 Å². The summed E-state index contributed by atoms with van der Waals surface area (Å²) in [5.74, 6) is 0.288. The molecule has 0 amide bonds. The summed E-state index contributed by atoms with van der Waals surface area (Å²) in [7, 11) is 0. The van der Waals surface area contributed by atoms with Crippen LogP contribution in [0.15, 0.2) is 9.52 Å². The molecule has 3 atom stereocenters. The Bertz CT molecular complexity index is 426. The molecular weight excluding hydrogens is 307 g/mol. The van der Waals surface area contributed by atoms with E-state index in [4.69, 9.17) is 39.5 Å². The van der Waals surface area contributed by atoms with Gasteiger partial charge in [0.2, 0.25) is 0 Å². The first-order valence-electron chi connectivity index (χ1n) is 6.57. The largest absolute Gasteiger partial charge is 0.461 e. The predicted octanol–water partition coefficient (Wildman–Crippen LogP) is 5.02. The zero-order valence-electron chi connectivity index (χ0n) is 11.4. The lowest BCUT2D eigenvalue weighted by atomic mass is 9.70. The van der Waals surface area contributed by atoms with Crippen LogP contribution in [0.5, 0.6) is 0 Å². The van der Waals surface area contributed by atoms with Crippen molar-refractivity contribution >= 4 is 40.8 Å². The summed E-state index contributed by atoms with van der Waals surface area (Å²) in [6, 6.07) is 0. The lowest BCUT2D eigenvalue weighted by molar-refractivity contribution is -0.155. The Kier molecular flexibility index (Phi) is 4.17. The van der Waals surface area contributed by atoms with Crippen LogP contribution in [0.25, 0.3) is 0 Å². The molecule has 0 unspecified atom stereocenters. The van der Waals surface area contributed by atoms with Crippen LogP contribution in [-0.2, 0) is 9.53 Å². The van der Waals surface area contributed by atoms with Crippen LogP contribution in [0.3, 0.4) is 0 Å². The average molecular weight is 326 g/mol. The van der Waals surface area contributed by atoms with Gasteiger partial charge in [-0.1, -0.05) is 55.6 Å². The summed E-state index contributed by atoms with van der Waals surface area (Å²) >= 11 is 16.8. The van der Waals surface area contributed by atoms with Crippen molar-refractivity contribution in [2.24, 2.45) is 16.7 Å². The molecule has 0 saturated heterocycles. The van der Waals surface area contributed by atoms with E-state index in [1.165, 1.54) is 6.42 Å². The number of esters is 1. The third kappa shape index (κ3) is 2.52. The van der Waals surface area contributed by atoms with E-state index in [0.717, 1.165) is 12.8 Å². The molecule has 2 aliphatic carbocycles. The van der Waals surface area contributed by atoms with Crippen LogP contribution in [0.4, 0.5) is 0 Å². The van der Waals surface area contributed by atoms with Crippen LogP contribution < -0.4 is 0 Å². The van der Waals surface area contributed by atoms with Gasteiger partial charge >= 0.3 is 5.97 Å². The number of carbonyl (C=O) groups is 1. The van der Waals surface area contributed by atoms with Crippen molar-refractivity contribution in [3.8, 4) is 0 Å². The number of hydrogen-bond acceptors (Lipinski definition) is 2. The number of carbonyl (C=O) groups excluding carboxylic acids is 1. The fourth-order valence-corrected chi connectivity index (χ4v) is 3.95. The van der Waals surface area contributed by atoms with Gasteiger partial charge in [0.05, 0.1) is 11.5 Å². The van der Waals surface area contributed by atoms with E-state index in [1.807, 2.05) is 0 Å². The molecule has 0 aromatic carbocycles. The molecule has 0 aromatic rings. The molecule has 2 aliphatic rings. The van der Waals surface area contributed by atoms with Gasteiger partial charge < -0.3 is 4.74 Å². The summed E-state index contributed by atoms with van der Waals surface area (Å²) in [4.78, 5) is 11.9. The third-order valence-corrected chi connectivity index (χ3v) is 6.46. The van der Waals surface area contributed by atoms with Crippen molar-refractivity contribution in [3.05, 3.63) is 9.52 Å². The third-order valence-electron chi connectivity index (χ3n) is 5.49. The first-order chi connectivity index (χ1) is 8.68. The molecule has 0 spiro atoms. The number of ether oxygens (including phenoxy) is 1. The van der Waals surface area contributed by atoms with Gasteiger partial charge in [-0.2, -0.15) is 0 Å². The van der Waals surface area contributed by atoms with E-state index < -0.39 is 0 Å². The van der Waals surface area contributed by atoms with Crippen molar-refractivity contribution in [1.82, 2.24) is 0 Å². The molecule has 2 saturated carbocycles. The number of hydrogen-bond donors (Lipinski definition) is 0. The van der Waals surface area contributed by atoms with Gasteiger partial charge in [-0.15, -0.1) is 0 Å².